The van der Waals surface area contributed by atoms with E-state index in [1.807, 2.05) is 120 Å². The van der Waals surface area contributed by atoms with Crippen LogP contribution in [0.25, 0.3) is 5.69 Å². The smallest absolute Gasteiger partial charge is 0.250 e. The van der Waals surface area contributed by atoms with Gasteiger partial charge in [-0.05, 0) is 54.1 Å². The van der Waals surface area contributed by atoms with Crippen LogP contribution in [0.3, 0.4) is 0 Å². The number of thioether (sulfide) groups is 1. The third-order valence-corrected chi connectivity index (χ3v) is 6.44. The minimum atomic E-state index is -0.250. The molecule has 0 fully saturated rings. The Bertz CT molecular complexity index is 1530. The molecule has 39 heavy (non-hydrogen) atoms. The van der Waals surface area contributed by atoms with Crippen molar-refractivity contribution < 1.29 is 9.53 Å². The third-order valence-electron chi connectivity index (χ3n) is 5.51. The highest BCUT2D eigenvalue weighted by atomic mass is 32.2. The Balaban J connectivity index is 1.19. The Morgan fingerprint density at radius 3 is 2.31 bits per heavy atom. The Kier molecular flexibility index (Phi) is 8.63. The number of carbonyl (C=O) groups excluding carboxylic acids is 1. The summed E-state index contributed by atoms with van der Waals surface area (Å²) in [6.45, 7) is 0.482. The first kappa shape index (κ1) is 25.7. The van der Waals surface area contributed by atoms with Crippen LogP contribution in [0.2, 0.25) is 0 Å². The minimum Gasteiger partial charge on any atom is -0.457 e. The van der Waals surface area contributed by atoms with E-state index in [2.05, 4.69) is 26.0 Å². The number of carbonyl (C=O) groups is 1. The summed E-state index contributed by atoms with van der Waals surface area (Å²) in [5, 5.41) is 16.8. The molecule has 194 valence electrons. The van der Waals surface area contributed by atoms with Gasteiger partial charge in [-0.3, -0.25) is 9.36 Å². The normalized spacial score (nSPS) is 10.9. The molecule has 5 rings (SSSR count). The van der Waals surface area contributed by atoms with E-state index in [1.165, 1.54) is 11.8 Å². The predicted molar refractivity (Wildman–Crippen MR) is 155 cm³/mol. The van der Waals surface area contributed by atoms with E-state index in [0.29, 0.717) is 17.5 Å². The number of benzene rings is 4. The number of nitrogens with one attached hydrogen (secondary N) is 2. The second-order valence-electron chi connectivity index (χ2n) is 8.36. The van der Waals surface area contributed by atoms with E-state index in [0.717, 1.165) is 28.5 Å². The highest BCUT2D eigenvalue weighted by molar-refractivity contribution is 7.99. The average Bonchev–Trinajstić information content (AvgIpc) is 3.39. The number of nitrogens with zero attached hydrogens (tertiary/aromatic N) is 4. The molecule has 1 aromatic heterocycles. The van der Waals surface area contributed by atoms with Gasteiger partial charge in [-0.15, -0.1) is 10.2 Å². The van der Waals surface area contributed by atoms with Crippen LogP contribution in [0.5, 0.6) is 11.5 Å². The Labute approximate surface area is 230 Å². The molecule has 0 atom stereocenters. The van der Waals surface area contributed by atoms with Gasteiger partial charge in [-0.2, -0.15) is 5.10 Å². The largest absolute Gasteiger partial charge is 0.457 e. The molecule has 0 aliphatic heterocycles. The standard InChI is InChI=1S/C30H26N6O2S/c37-29(34-32-20-23-11-10-18-27(19-23)38-26-16-8-3-9-17-26)22-39-30-35-33-28(21-31-24-12-4-1-5-13-24)36(30)25-14-6-2-7-15-25/h1-20,31H,21-22H2,(H,34,37)/b32-20-. The maximum Gasteiger partial charge on any atom is 0.250 e. The number of amides is 1. The van der Waals surface area contributed by atoms with Gasteiger partial charge in [-0.1, -0.05) is 78.5 Å². The van der Waals surface area contributed by atoms with Gasteiger partial charge in [0.2, 0.25) is 0 Å². The fraction of sp³-hybridized carbons (Fsp3) is 0.0667. The summed E-state index contributed by atoms with van der Waals surface area (Å²) in [5.41, 5.74) is 5.30. The van der Waals surface area contributed by atoms with Gasteiger partial charge in [0.05, 0.1) is 18.5 Å². The zero-order valence-corrected chi connectivity index (χ0v) is 21.8. The van der Waals surface area contributed by atoms with Gasteiger partial charge in [0, 0.05) is 11.4 Å². The number of hydrazone groups is 1. The Morgan fingerprint density at radius 2 is 1.54 bits per heavy atom. The molecule has 0 bridgehead atoms. The SMILES string of the molecule is O=C(CSc1nnc(CNc2ccccc2)n1-c1ccccc1)N/N=C\c1cccc(Oc2ccccc2)c1. The van der Waals surface area contributed by atoms with Crippen LogP contribution >= 0.6 is 11.8 Å². The molecule has 0 radical (unpaired) electrons. The number of ether oxygens (including phenoxy) is 1. The topological polar surface area (TPSA) is 93.4 Å². The first-order chi connectivity index (χ1) is 19.2. The van der Waals surface area contributed by atoms with Crippen LogP contribution in [0, 0.1) is 0 Å². The Hall–Kier alpha value is -4.89. The molecule has 0 aliphatic carbocycles. The lowest BCUT2D eigenvalue weighted by molar-refractivity contribution is -0.118. The van der Waals surface area contributed by atoms with E-state index in [-0.39, 0.29) is 11.7 Å². The lowest BCUT2D eigenvalue weighted by Gasteiger charge is -2.11. The van der Waals surface area contributed by atoms with Gasteiger partial charge < -0.3 is 10.1 Å². The van der Waals surface area contributed by atoms with Crippen molar-refractivity contribution in [2.45, 2.75) is 11.7 Å². The lowest BCUT2D eigenvalue weighted by atomic mass is 10.2. The summed E-state index contributed by atoms with van der Waals surface area (Å²) in [6.07, 6.45) is 1.58. The van der Waals surface area contributed by atoms with Gasteiger partial charge >= 0.3 is 0 Å². The van der Waals surface area contributed by atoms with Crippen molar-refractivity contribution in [3.8, 4) is 17.2 Å². The summed E-state index contributed by atoms with van der Waals surface area (Å²) in [4.78, 5) is 12.5. The second-order valence-corrected chi connectivity index (χ2v) is 9.30. The molecular weight excluding hydrogens is 508 g/mol. The molecule has 1 heterocycles. The summed E-state index contributed by atoms with van der Waals surface area (Å²) in [5.74, 6) is 2.05. The van der Waals surface area contributed by atoms with Crippen LogP contribution in [-0.4, -0.2) is 32.6 Å². The fourth-order valence-corrected chi connectivity index (χ4v) is 4.47. The number of hydrogen-bond acceptors (Lipinski definition) is 7. The molecule has 0 aliphatic rings. The molecule has 5 aromatic rings. The van der Waals surface area contributed by atoms with Crippen molar-refractivity contribution in [1.82, 2.24) is 20.2 Å². The van der Waals surface area contributed by atoms with Crippen molar-refractivity contribution in [3.63, 3.8) is 0 Å². The van der Waals surface area contributed by atoms with Gasteiger partial charge in [0.15, 0.2) is 11.0 Å². The number of para-hydroxylation sites is 3. The van der Waals surface area contributed by atoms with Crippen molar-refractivity contribution in [3.05, 3.63) is 127 Å². The molecule has 2 N–H and O–H groups in total. The monoisotopic (exact) mass is 534 g/mol. The van der Waals surface area contributed by atoms with Crippen LogP contribution in [0.4, 0.5) is 5.69 Å². The molecule has 0 saturated carbocycles. The molecule has 9 heteroatoms. The van der Waals surface area contributed by atoms with E-state index in [9.17, 15) is 4.79 Å². The lowest BCUT2D eigenvalue weighted by Crippen LogP contribution is -2.20. The third kappa shape index (κ3) is 7.33. The molecule has 0 saturated heterocycles. The molecule has 1 amide bonds. The number of aromatic nitrogens is 3. The molecule has 0 unspecified atom stereocenters. The predicted octanol–water partition coefficient (Wildman–Crippen LogP) is 5.91. The van der Waals surface area contributed by atoms with Crippen LogP contribution in [0.15, 0.2) is 126 Å². The minimum absolute atomic E-state index is 0.131. The van der Waals surface area contributed by atoms with Gasteiger partial charge in [0.1, 0.15) is 11.5 Å². The summed E-state index contributed by atoms with van der Waals surface area (Å²) in [7, 11) is 0. The summed E-state index contributed by atoms with van der Waals surface area (Å²) < 4.78 is 7.81. The quantitative estimate of drug-likeness (QED) is 0.124. The highest BCUT2D eigenvalue weighted by Crippen LogP contribution is 2.23. The molecular formula is C30H26N6O2S. The number of hydrogen-bond donors (Lipinski definition) is 2. The zero-order valence-electron chi connectivity index (χ0n) is 21.0. The number of anilines is 1. The van der Waals surface area contributed by atoms with Crippen molar-refractivity contribution in [2.75, 3.05) is 11.1 Å². The van der Waals surface area contributed by atoms with E-state index in [1.54, 1.807) is 6.21 Å². The first-order valence-corrected chi connectivity index (χ1v) is 13.3. The van der Waals surface area contributed by atoms with Gasteiger partial charge in [0.25, 0.3) is 5.91 Å². The summed E-state index contributed by atoms with van der Waals surface area (Å²) >= 11 is 1.30. The van der Waals surface area contributed by atoms with Crippen molar-refractivity contribution in [2.24, 2.45) is 5.10 Å². The van der Waals surface area contributed by atoms with Crippen molar-refractivity contribution in [1.29, 1.82) is 0 Å². The van der Waals surface area contributed by atoms with E-state index in [4.69, 9.17) is 4.74 Å². The molecule has 0 spiro atoms. The molecule has 4 aromatic carbocycles. The van der Waals surface area contributed by atoms with E-state index < -0.39 is 0 Å². The van der Waals surface area contributed by atoms with Crippen molar-refractivity contribution >= 4 is 29.6 Å². The second kappa shape index (κ2) is 13.1. The van der Waals surface area contributed by atoms with E-state index >= 15 is 0 Å². The van der Waals surface area contributed by atoms with Gasteiger partial charge in [-0.25, -0.2) is 5.43 Å². The molecule has 8 nitrogen and oxygen atoms in total. The van der Waals surface area contributed by atoms with Crippen LogP contribution in [-0.2, 0) is 11.3 Å². The maximum atomic E-state index is 12.5. The maximum absolute atomic E-state index is 12.5. The number of rotatable bonds is 11. The average molecular weight is 535 g/mol. The van der Waals surface area contributed by atoms with Crippen LogP contribution in [0.1, 0.15) is 11.4 Å². The summed E-state index contributed by atoms with van der Waals surface area (Å²) in [6, 6.07) is 36.8. The highest BCUT2D eigenvalue weighted by Gasteiger charge is 2.15. The zero-order chi connectivity index (χ0) is 26.7. The Morgan fingerprint density at radius 1 is 0.846 bits per heavy atom. The fourth-order valence-electron chi connectivity index (χ4n) is 3.71. The first-order valence-electron chi connectivity index (χ1n) is 12.3. The van der Waals surface area contributed by atoms with Crippen LogP contribution < -0.4 is 15.5 Å².